The van der Waals surface area contributed by atoms with Gasteiger partial charge < -0.3 is 10.2 Å². The molecular formula is C31H39N3OS. The number of piperidine rings is 1. The Bertz CT molecular complexity index is 1050. The number of likely N-dealkylation sites (N-methyl/N-ethyl adjacent to an activating group) is 1. The van der Waals surface area contributed by atoms with E-state index < -0.39 is 0 Å². The molecule has 0 aromatic heterocycles. The van der Waals surface area contributed by atoms with Gasteiger partial charge in [0.25, 0.3) is 0 Å². The second-order valence-corrected chi connectivity index (χ2v) is 11.2. The van der Waals surface area contributed by atoms with Crippen LogP contribution in [0.2, 0.25) is 0 Å². The monoisotopic (exact) mass is 501 g/mol. The van der Waals surface area contributed by atoms with Crippen LogP contribution in [0.4, 0.5) is 0 Å². The quantitative estimate of drug-likeness (QED) is 0.328. The first kappa shape index (κ1) is 26.5. The highest BCUT2D eigenvalue weighted by Gasteiger charge is 2.37. The summed E-state index contributed by atoms with van der Waals surface area (Å²) < 4.78 is 2.37. The van der Waals surface area contributed by atoms with E-state index in [1.165, 1.54) is 16.0 Å². The molecule has 3 aromatic rings. The lowest BCUT2D eigenvalue weighted by Gasteiger charge is -2.42. The highest BCUT2D eigenvalue weighted by Crippen LogP contribution is 2.39. The molecular weight excluding hydrogens is 462 g/mol. The van der Waals surface area contributed by atoms with Crippen LogP contribution < -0.4 is 5.32 Å². The molecule has 1 atom stereocenters. The molecule has 1 amide bonds. The van der Waals surface area contributed by atoms with E-state index in [0.717, 1.165) is 45.4 Å². The molecule has 0 bridgehead atoms. The van der Waals surface area contributed by atoms with Crippen LogP contribution in [0.1, 0.15) is 42.7 Å². The van der Waals surface area contributed by atoms with Crippen molar-refractivity contribution in [3.63, 3.8) is 0 Å². The minimum absolute atomic E-state index is 0.0662. The van der Waals surface area contributed by atoms with E-state index >= 15 is 0 Å². The number of hydrogen-bond donors (Lipinski definition) is 1. The van der Waals surface area contributed by atoms with Crippen LogP contribution in [0.3, 0.4) is 0 Å². The molecule has 0 radical (unpaired) electrons. The van der Waals surface area contributed by atoms with Gasteiger partial charge in [0, 0.05) is 30.3 Å². The predicted octanol–water partition coefficient (Wildman–Crippen LogP) is 5.97. The Kier molecular flexibility index (Phi) is 9.62. The lowest BCUT2D eigenvalue weighted by molar-refractivity contribution is -0.122. The highest BCUT2D eigenvalue weighted by atomic mass is 32.2. The zero-order valence-corrected chi connectivity index (χ0v) is 22.4. The number of nitrogens with zero attached hydrogens (tertiary/aromatic N) is 2. The summed E-state index contributed by atoms with van der Waals surface area (Å²) in [6.45, 7) is 4.14. The van der Waals surface area contributed by atoms with Crippen molar-refractivity contribution >= 4 is 17.9 Å². The van der Waals surface area contributed by atoms with Gasteiger partial charge in [0.1, 0.15) is 0 Å². The molecule has 0 saturated carbocycles. The summed E-state index contributed by atoms with van der Waals surface area (Å²) in [4.78, 5) is 16.3. The fourth-order valence-corrected chi connectivity index (χ4v) is 6.29. The largest absolute Gasteiger partial charge is 0.359 e. The Labute approximate surface area is 221 Å². The van der Waals surface area contributed by atoms with E-state index in [-0.39, 0.29) is 11.3 Å². The molecule has 0 spiro atoms. The molecule has 1 unspecified atom stereocenters. The highest BCUT2D eigenvalue weighted by molar-refractivity contribution is 7.97. The van der Waals surface area contributed by atoms with E-state index in [9.17, 15) is 4.79 Å². The summed E-state index contributed by atoms with van der Waals surface area (Å²) in [5.41, 5.74) is 2.65. The first-order valence-electron chi connectivity index (χ1n) is 13.1. The number of benzene rings is 3. The predicted molar refractivity (Wildman–Crippen MR) is 151 cm³/mol. The molecule has 1 aliphatic rings. The smallest absolute Gasteiger partial charge is 0.220 e. The molecule has 5 heteroatoms. The Morgan fingerprint density at radius 1 is 0.944 bits per heavy atom. The second-order valence-electron chi connectivity index (χ2n) is 9.95. The van der Waals surface area contributed by atoms with Gasteiger partial charge in [-0.2, -0.15) is 0 Å². The Balaban J connectivity index is 1.38. The normalized spacial score (nSPS) is 16.5. The second kappa shape index (κ2) is 13.1. The van der Waals surface area contributed by atoms with Crippen LogP contribution >= 0.6 is 11.9 Å². The van der Waals surface area contributed by atoms with E-state index in [4.69, 9.17) is 0 Å². The number of rotatable bonds is 11. The minimum atomic E-state index is -0.0662. The average molecular weight is 502 g/mol. The van der Waals surface area contributed by atoms with Crippen LogP contribution in [-0.2, 0) is 10.2 Å². The van der Waals surface area contributed by atoms with Gasteiger partial charge in [-0.05, 0) is 87.1 Å². The molecule has 36 heavy (non-hydrogen) atoms. The molecule has 1 fully saturated rings. The van der Waals surface area contributed by atoms with Gasteiger partial charge >= 0.3 is 0 Å². The van der Waals surface area contributed by atoms with Gasteiger partial charge in [-0.3, -0.25) is 4.79 Å². The summed E-state index contributed by atoms with van der Waals surface area (Å²) in [5.74, 6) is 0.606. The number of carbonyl (C=O) groups is 1. The van der Waals surface area contributed by atoms with Gasteiger partial charge in [0.15, 0.2) is 0 Å². The summed E-state index contributed by atoms with van der Waals surface area (Å²) in [6, 6.07) is 32.2. The van der Waals surface area contributed by atoms with Crippen LogP contribution in [0.5, 0.6) is 0 Å². The first-order chi connectivity index (χ1) is 17.6. The maximum absolute atomic E-state index is 12.4. The summed E-state index contributed by atoms with van der Waals surface area (Å²) in [7, 11) is 3.94. The maximum atomic E-state index is 12.4. The third-order valence-electron chi connectivity index (χ3n) is 7.52. The van der Waals surface area contributed by atoms with Crippen LogP contribution in [0.25, 0.3) is 0 Å². The number of likely N-dealkylation sites (tertiary alicyclic amines) is 1. The van der Waals surface area contributed by atoms with Crippen LogP contribution in [-0.4, -0.2) is 55.4 Å². The summed E-state index contributed by atoms with van der Waals surface area (Å²) >= 11 is 1.82. The summed E-state index contributed by atoms with van der Waals surface area (Å²) in [5, 5.41) is 2.85. The van der Waals surface area contributed by atoms with Crippen LogP contribution in [0, 0.1) is 0 Å². The van der Waals surface area contributed by atoms with Crippen molar-refractivity contribution in [3.05, 3.63) is 102 Å². The van der Waals surface area contributed by atoms with E-state index in [2.05, 4.69) is 113 Å². The van der Waals surface area contributed by atoms with Crippen molar-refractivity contribution in [2.75, 3.05) is 40.3 Å². The summed E-state index contributed by atoms with van der Waals surface area (Å²) in [6.07, 6.45) is 3.72. The van der Waals surface area contributed by atoms with Crippen molar-refractivity contribution in [2.45, 2.75) is 41.9 Å². The van der Waals surface area contributed by atoms with E-state index in [1.54, 1.807) is 7.05 Å². The fraction of sp³-hybridized carbons (Fsp3) is 0.387. The molecule has 0 aliphatic carbocycles. The minimum Gasteiger partial charge on any atom is -0.359 e. The fourth-order valence-electron chi connectivity index (χ4n) is 5.40. The van der Waals surface area contributed by atoms with Gasteiger partial charge in [-0.15, -0.1) is 0 Å². The molecule has 190 valence electrons. The number of carbonyl (C=O) groups excluding carboxylic acids is 1. The molecule has 1 aliphatic heterocycles. The van der Waals surface area contributed by atoms with Crippen molar-refractivity contribution in [1.82, 2.24) is 14.5 Å². The number of amides is 1. The Morgan fingerprint density at radius 3 is 2.14 bits per heavy atom. The number of nitrogens with one attached hydrogen (secondary N) is 1. The van der Waals surface area contributed by atoms with E-state index in [1.807, 2.05) is 11.9 Å². The zero-order valence-electron chi connectivity index (χ0n) is 21.6. The van der Waals surface area contributed by atoms with E-state index in [0.29, 0.717) is 12.3 Å². The topological polar surface area (TPSA) is 35.6 Å². The van der Waals surface area contributed by atoms with Crippen molar-refractivity contribution in [1.29, 1.82) is 0 Å². The van der Waals surface area contributed by atoms with Crippen LogP contribution in [0.15, 0.2) is 95.9 Å². The Hall–Kier alpha value is -2.60. The molecule has 1 N–H and O–H groups in total. The Morgan fingerprint density at radius 2 is 1.53 bits per heavy atom. The third kappa shape index (κ3) is 7.22. The first-order valence-corrected chi connectivity index (χ1v) is 13.8. The van der Waals surface area contributed by atoms with Gasteiger partial charge in [0.05, 0.1) is 0 Å². The van der Waals surface area contributed by atoms with Crippen molar-refractivity contribution in [3.8, 4) is 0 Å². The van der Waals surface area contributed by atoms with Gasteiger partial charge in [-0.1, -0.05) is 78.9 Å². The standard InChI is InChI=1S/C31H39N3OS/c1-32-30(35)24-31(28-14-8-4-9-15-28)19-22-34(23-20-31)21-18-27(26-12-6-3-7-13-26)25-33(2)36-29-16-10-5-11-17-29/h3-17,27H,18-25H2,1-2H3,(H,32,35). The van der Waals surface area contributed by atoms with Gasteiger partial charge in [0.2, 0.25) is 5.91 Å². The molecule has 1 heterocycles. The SMILES string of the molecule is CNC(=O)CC1(c2ccccc2)CCN(CCC(CN(C)Sc2ccccc2)c2ccccc2)CC1. The molecule has 4 nitrogen and oxygen atoms in total. The van der Waals surface area contributed by atoms with Crippen molar-refractivity contribution in [2.24, 2.45) is 0 Å². The maximum Gasteiger partial charge on any atom is 0.220 e. The lowest BCUT2D eigenvalue weighted by atomic mass is 9.70. The third-order valence-corrected chi connectivity index (χ3v) is 8.47. The van der Waals surface area contributed by atoms with Gasteiger partial charge in [-0.25, -0.2) is 4.31 Å². The molecule has 4 rings (SSSR count). The zero-order chi connectivity index (χ0) is 25.2. The van der Waals surface area contributed by atoms with Crippen molar-refractivity contribution < 1.29 is 4.79 Å². The molecule has 3 aromatic carbocycles. The molecule has 1 saturated heterocycles. The average Bonchev–Trinajstić information content (AvgIpc) is 2.93. The lowest BCUT2D eigenvalue weighted by Crippen LogP contribution is -2.45. The number of hydrogen-bond acceptors (Lipinski definition) is 4.